The number of hydrogen-bond acceptors (Lipinski definition) is 10. The fraction of sp³-hybridized carbons (Fsp3) is 0.815. The van der Waals surface area contributed by atoms with Crippen LogP contribution in [0.25, 0.3) is 10.8 Å². The first-order valence-corrected chi connectivity index (χ1v) is 35.6. The third-order valence-electron chi connectivity index (χ3n) is 11.6. The van der Waals surface area contributed by atoms with Crippen LogP contribution in [-0.4, -0.2) is 92.5 Å². The lowest BCUT2D eigenvalue weighted by Crippen LogP contribution is -2.24. The van der Waals surface area contributed by atoms with Crippen LogP contribution in [0.4, 0.5) is 11.4 Å². The number of anilines is 2. The zero-order valence-electron chi connectivity index (χ0n) is 41.9. The molecule has 2 aromatic rings. The average Bonchev–Trinajstić information content (AvgIpc) is 3.31. The molecular weight excluding hydrogens is 933 g/mol. The molecule has 0 N–H and O–H groups in total. The Labute approximate surface area is 433 Å². The van der Waals surface area contributed by atoms with Crippen molar-refractivity contribution in [3.8, 4) is 0 Å². The van der Waals surface area contributed by atoms with E-state index in [0.29, 0.717) is 0 Å². The average molecular weight is 1030 g/mol. The summed E-state index contributed by atoms with van der Waals surface area (Å²) in [5, 5.41) is 2.86. The van der Waals surface area contributed by atoms with Crippen molar-refractivity contribution in [3.05, 3.63) is 36.4 Å². The molecule has 0 radical (unpaired) electrons. The maximum Gasteiger partial charge on any atom is 0.0648 e. The number of thioether (sulfide) groups is 8. The van der Waals surface area contributed by atoms with E-state index in [1.165, 1.54) is 245 Å². The lowest BCUT2D eigenvalue weighted by molar-refractivity contribution is 0.627. The smallest absolute Gasteiger partial charge is 0.0648 e. The third-order valence-corrected chi connectivity index (χ3v) is 20.9. The standard InChI is InChI=1S/C54H98N2S8/c1-5-9-13-17-21-25-35-57-39-43-61-47-55(48-62-44-40-58-36-26-22-18-14-10-6-2)53-33-29-32-52-51(53)31-30-34-54(52)56(49-63-45-41-59-37-27-23-19-15-11-7-3)50-64-46-42-60-38-28-24-20-16-12-8-4/h29-34H,5-28,35-50H2,1-4H3. The van der Waals surface area contributed by atoms with Crippen molar-refractivity contribution >= 4 is 116 Å². The molecule has 2 nitrogen and oxygen atoms in total. The molecule has 0 bridgehead atoms. The number of benzene rings is 2. The molecule has 10 heteroatoms. The van der Waals surface area contributed by atoms with Crippen LogP contribution in [-0.2, 0) is 0 Å². The lowest BCUT2D eigenvalue weighted by atomic mass is 10.1. The predicted molar refractivity (Wildman–Crippen MR) is 321 cm³/mol. The van der Waals surface area contributed by atoms with E-state index < -0.39 is 0 Å². The highest BCUT2D eigenvalue weighted by molar-refractivity contribution is 8.04. The third kappa shape index (κ3) is 33.6. The van der Waals surface area contributed by atoms with Gasteiger partial charge in [0.15, 0.2) is 0 Å². The van der Waals surface area contributed by atoms with E-state index in [0.717, 1.165) is 23.5 Å². The molecule has 0 saturated carbocycles. The molecule has 0 unspecified atom stereocenters. The normalized spacial score (nSPS) is 11.6. The monoisotopic (exact) mass is 1030 g/mol. The summed E-state index contributed by atoms with van der Waals surface area (Å²) in [5.41, 5.74) is 2.85. The van der Waals surface area contributed by atoms with Gasteiger partial charge in [0, 0.05) is 68.2 Å². The topological polar surface area (TPSA) is 6.48 Å². The maximum absolute atomic E-state index is 2.72. The van der Waals surface area contributed by atoms with Gasteiger partial charge in [-0.15, -0.1) is 47.0 Å². The van der Waals surface area contributed by atoms with Crippen molar-refractivity contribution in [1.82, 2.24) is 0 Å². The van der Waals surface area contributed by atoms with Gasteiger partial charge in [0.25, 0.3) is 0 Å². The molecule has 64 heavy (non-hydrogen) atoms. The first kappa shape index (κ1) is 61.2. The van der Waals surface area contributed by atoms with E-state index >= 15 is 0 Å². The second-order valence-electron chi connectivity index (χ2n) is 17.4. The summed E-state index contributed by atoms with van der Waals surface area (Å²) in [5.74, 6) is 19.7. The molecule has 2 rings (SSSR count). The number of rotatable bonds is 50. The van der Waals surface area contributed by atoms with Gasteiger partial charge in [0.05, 0.1) is 23.5 Å². The molecular formula is C54H98N2S8. The van der Waals surface area contributed by atoms with Gasteiger partial charge in [0.2, 0.25) is 0 Å². The minimum absolute atomic E-state index is 1.07. The van der Waals surface area contributed by atoms with Crippen molar-refractivity contribution in [2.24, 2.45) is 0 Å². The lowest BCUT2D eigenvalue weighted by Gasteiger charge is -2.29. The largest absolute Gasteiger partial charge is 0.353 e. The SMILES string of the molecule is CCCCCCCCSCCSCN(CSCCSCCCCCCCC)c1cccc2c(N(CSCCSCCCCCCCC)CSCCSCCCCCCCC)cccc12. The number of unbranched alkanes of at least 4 members (excludes halogenated alkanes) is 20. The van der Waals surface area contributed by atoms with E-state index in [1.54, 1.807) is 0 Å². The second kappa shape index (κ2) is 47.8. The number of hydrogen-bond donors (Lipinski definition) is 0. The summed E-state index contributed by atoms with van der Waals surface area (Å²) in [4.78, 5) is 5.43. The highest BCUT2D eigenvalue weighted by Crippen LogP contribution is 2.36. The molecule has 0 spiro atoms. The van der Waals surface area contributed by atoms with Crippen molar-refractivity contribution in [2.75, 3.05) is 102 Å². The molecule has 0 saturated heterocycles. The highest BCUT2D eigenvalue weighted by atomic mass is 32.2. The van der Waals surface area contributed by atoms with Crippen LogP contribution in [0, 0.1) is 0 Å². The molecule has 0 atom stereocenters. The number of fused-ring (bicyclic) bond motifs is 1. The van der Waals surface area contributed by atoms with Gasteiger partial charge >= 0.3 is 0 Å². The van der Waals surface area contributed by atoms with Gasteiger partial charge < -0.3 is 9.80 Å². The van der Waals surface area contributed by atoms with Crippen LogP contribution in [0.1, 0.15) is 182 Å². The van der Waals surface area contributed by atoms with E-state index in [-0.39, 0.29) is 0 Å². The van der Waals surface area contributed by atoms with Crippen molar-refractivity contribution in [2.45, 2.75) is 182 Å². The molecule has 0 aliphatic heterocycles. The zero-order valence-corrected chi connectivity index (χ0v) is 48.4. The Morgan fingerprint density at radius 1 is 0.266 bits per heavy atom. The van der Waals surface area contributed by atoms with Crippen LogP contribution in [0.3, 0.4) is 0 Å². The summed E-state index contributed by atoms with van der Waals surface area (Å²) in [6.45, 7) is 9.26. The summed E-state index contributed by atoms with van der Waals surface area (Å²) in [6, 6.07) is 14.4. The van der Waals surface area contributed by atoms with Gasteiger partial charge in [-0.25, -0.2) is 0 Å². The van der Waals surface area contributed by atoms with Gasteiger partial charge in [-0.2, -0.15) is 47.0 Å². The van der Waals surface area contributed by atoms with Gasteiger partial charge in [-0.3, -0.25) is 0 Å². The molecule has 0 aliphatic rings. The van der Waals surface area contributed by atoms with Gasteiger partial charge in [0.1, 0.15) is 0 Å². The minimum Gasteiger partial charge on any atom is -0.353 e. The number of nitrogens with zero attached hydrogens (tertiary/aromatic N) is 2. The predicted octanol–water partition coefficient (Wildman–Crippen LogP) is 19.6. The maximum atomic E-state index is 2.72. The van der Waals surface area contributed by atoms with Gasteiger partial charge in [-0.1, -0.05) is 180 Å². The fourth-order valence-electron chi connectivity index (χ4n) is 7.70. The van der Waals surface area contributed by atoms with Gasteiger partial charge in [-0.05, 0) is 60.8 Å². The Kier molecular flexibility index (Phi) is 45.7. The molecule has 372 valence electrons. The Hall–Kier alpha value is 1.10. The van der Waals surface area contributed by atoms with Crippen LogP contribution >= 0.6 is 94.1 Å². The fourth-order valence-corrected chi connectivity index (χ4v) is 16.5. The molecule has 0 aromatic heterocycles. The molecule has 0 aliphatic carbocycles. The quantitative estimate of drug-likeness (QED) is 0.0465. The molecule has 0 amide bonds. The van der Waals surface area contributed by atoms with Crippen molar-refractivity contribution < 1.29 is 0 Å². The first-order valence-electron chi connectivity index (χ1n) is 26.4. The minimum atomic E-state index is 1.07. The summed E-state index contributed by atoms with van der Waals surface area (Å²) >= 11 is 17.3. The Morgan fingerprint density at radius 2 is 0.500 bits per heavy atom. The van der Waals surface area contributed by atoms with E-state index in [1.807, 2.05) is 0 Å². The van der Waals surface area contributed by atoms with Crippen LogP contribution in [0.15, 0.2) is 36.4 Å². The van der Waals surface area contributed by atoms with Crippen molar-refractivity contribution in [1.29, 1.82) is 0 Å². The summed E-state index contributed by atoms with van der Waals surface area (Å²) in [7, 11) is 0. The van der Waals surface area contributed by atoms with Crippen LogP contribution < -0.4 is 9.80 Å². The Bertz CT molecular complexity index is 1120. The van der Waals surface area contributed by atoms with E-state index in [9.17, 15) is 0 Å². The first-order chi connectivity index (χ1) is 31.8. The zero-order chi connectivity index (χ0) is 45.6. The van der Waals surface area contributed by atoms with E-state index in [2.05, 4.69) is 168 Å². The molecule has 2 aromatic carbocycles. The summed E-state index contributed by atoms with van der Waals surface area (Å²) < 4.78 is 0. The van der Waals surface area contributed by atoms with Crippen LogP contribution in [0.5, 0.6) is 0 Å². The molecule has 0 heterocycles. The highest BCUT2D eigenvalue weighted by Gasteiger charge is 2.16. The molecule has 0 fully saturated rings. The van der Waals surface area contributed by atoms with Crippen molar-refractivity contribution in [3.63, 3.8) is 0 Å². The Balaban J connectivity index is 2.07. The van der Waals surface area contributed by atoms with E-state index in [4.69, 9.17) is 0 Å². The Morgan fingerprint density at radius 3 is 0.766 bits per heavy atom. The summed E-state index contributed by atoms with van der Waals surface area (Å²) in [6.07, 6.45) is 33.6. The van der Waals surface area contributed by atoms with Crippen LogP contribution in [0.2, 0.25) is 0 Å². The second-order valence-corrected chi connectivity index (χ2v) is 26.6.